The summed E-state index contributed by atoms with van der Waals surface area (Å²) in [6, 6.07) is 19.8. The van der Waals surface area contributed by atoms with Crippen LogP contribution in [0.15, 0.2) is 77.2 Å². The molecule has 16 heteroatoms. The van der Waals surface area contributed by atoms with Gasteiger partial charge >= 0.3 is 0 Å². The van der Waals surface area contributed by atoms with E-state index in [1.807, 2.05) is 80.7 Å². The minimum absolute atomic E-state index is 0.0336. The average Bonchev–Trinajstić information content (AvgIpc) is 3.58. The van der Waals surface area contributed by atoms with E-state index in [1.165, 1.54) is 30.4 Å². The van der Waals surface area contributed by atoms with Gasteiger partial charge in [0.15, 0.2) is 0 Å². The highest BCUT2D eigenvalue weighted by Gasteiger charge is 2.47. The van der Waals surface area contributed by atoms with Crippen LogP contribution in [0.1, 0.15) is 149 Å². The molecule has 3 aliphatic heterocycles. The van der Waals surface area contributed by atoms with Crippen molar-refractivity contribution in [2.24, 2.45) is 5.41 Å². The molecule has 366 valence electrons. The van der Waals surface area contributed by atoms with Crippen LogP contribution in [-0.4, -0.2) is 94.9 Å². The first kappa shape index (κ1) is 47.9. The van der Waals surface area contributed by atoms with Gasteiger partial charge < -0.3 is 20.2 Å². The number of rotatable bonds is 10. The lowest BCUT2D eigenvalue weighted by molar-refractivity contribution is -0.138. The molecule has 5 aliphatic rings. The Hall–Kier alpha value is -5.77. The molecular formula is C54H62ClN9O5S. The zero-order chi connectivity index (χ0) is 48.9. The van der Waals surface area contributed by atoms with Crippen LogP contribution in [0.3, 0.4) is 0 Å². The number of thiazole rings is 1. The molecule has 2 saturated heterocycles. The topological polar surface area (TPSA) is 168 Å². The number of aromatic nitrogens is 6. The van der Waals surface area contributed by atoms with E-state index in [4.69, 9.17) is 16.6 Å². The molecular weight excluding hydrogens is 922 g/mol. The fraction of sp³-hybridized carbons (Fsp3) is 0.481. The fourth-order valence-electron chi connectivity index (χ4n) is 11.5. The standard InChI is InChI=1S/C39H38ClN5O3S.C15H24N4O2/c1-24-36(49-23-42-24)27-10-8-26(9-11-27)31(41-22-46)21-34(47)44-18-14-25(15-19-44)28-12-13-29-33(20-28)45-32-7-5-6-30(40)35(32)37(48)43-38(45)39(29)16-3-2-4-17-39;1-15(2,3)13(14(21)18-7-6-11(20)8-18)19-9-12(16-17-19)10-4-5-10/h5-13,20,22-23,25,31H,2-4,14-19,21H2,1H3,(H,41,46);9-11,13,20H,4-8H2,1-3H3. The molecule has 2 aliphatic carbocycles. The van der Waals surface area contributed by atoms with Gasteiger partial charge in [0.2, 0.25) is 18.2 Å². The van der Waals surface area contributed by atoms with Crippen LogP contribution in [0.4, 0.5) is 0 Å². The first-order valence-corrected chi connectivity index (χ1v) is 26.2. The van der Waals surface area contributed by atoms with Gasteiger partial charge in [-0.05, 0) is 104 Å². The molecule has 3 aromatic carbocycles. The molecule has 3 unspecified atom stereocenters. The molecule has 6 aromatic rings. The highest BCUT2D eigenvalue weighted by molar-refractivity contribution is 7.13. The third kappa shape index (κ3) is 9.20. The Labute approximate surface area is 417 Å². The van der Waals surface area contributed by atoms with E-state index in [1.54, 1.807) is 27.0 Å². The average molecular weight is 985 g/mol. The molecule has 70 heavy (non-hydrogen) atoms. The Morgan fingerprint density at radius 1 is 0.957 bits per heavy atom. The van der Waals surface area contributed by atoms with E-state index in [0.717, 1.165) is 82.9 Å². The molecule has 14 nitrogen and oxygen atoms in total. The quantitative estimate of drug-likeness (QED) is 0.127. The van der Waals surface area contributed by atoms with Crippen molar-refractivity contribution in [2.45, 2.75) is 134 Å². The molecule has 4 fully saturated rings. The van der Waals surface area contributed by atoms with Crippen molar-refractivity contribution < 1.29 is 19.5 Å². The van der Waals surface area contributed by atoms with Crippen LogP contribution >= 0.6 is 22.9 Å². The van der Waals surface area contributed by atoms with E-state index in [2.05, 4.69) is 43.4 Å². The number of nitrogens with one attached hydrogen (secondary N) is 1. The van der Waals surface area contributed by atoms with Crippen molar-refractivity contribution in [1.82, 2.24) is 44.6 Å². The lowest BCUT2D eigenvalue weighted by atomic mass is 9.69. The van der Waals surface area contributed by atoms with Crippen LogP contribution < -0.4 is 10.9 Å². The molecule has 6 heterocycles. The third-order valence-electron chi connectivity index (χ3n) is 15.4. The summed E-state index contributed by atoms with van der Waals surface area (Å²) in [6.07, 6.45) is 12.5. The van der Waals surface area contributed by atoms with Gasteiger partial charge in [-0.1, -0.05) is 99.3 Å². The number of β-amino-alcohol motifs (C(OH)–C–C–N with tert-alkyl or cyclic N) is 1. The number of hydrogen-bond donors (Lipinski definition) is 2. The Kier molecular flexibility index (Phi) is 13.3. The number of benzene rings is 3. The molecule has 3 amide bonds. The number of fused-ring (bicyclic) bond motifs is 7. The second kappa shape index (κ2) is 19.4. The Bertz CT molecular complexity index is 2980. The predicted molar refractivity (Wildman–Crippen MR) is 271 cm³/mol. The maximum Gasteiger partial charge on any atom is 0.282 e. The number of amides is 3. The molecule has 0 bridgehead atoms. The van der Waals surface area contributed by atoms with Gasteiger partial charge in [-0.2, -0.15) is 4.98 Å². The SMILES string of the molecule is CC(C)(C)C(C(=O)N1CCC(O)C1)n1cc(C2CC2)nn1.Cc1ncsc1-c1ccc(C(CC(=O)N2CCC(c3ccc4c(c3)-n3c(nc(=O)c5c(Cl)cccc53)C43CCCCC3)CC2)NC=O)cc1. The fourth-order valence-corrected chi connectivity index (χ4v) is 12.6. The van der Waals surface area contributed by atoms with Gasteiger partial charge in [0.05, 0.1) is 67.4 Å². The van der Waals surface area contributed by atoms with E-state index in [9.17, 15) is 24.3 Å². The van der Waals surface area contributed by atoms with Crippen molar-refractivity contribution in [1.29, 1.82) is 0 Å². The van der Waals surface area contributed by atoms with Crippen molar-refractivity contribution in [3.8, 4) is 16.1 Å². The van der Waals surface area contributed by atoms with Gasteiger partial charge in [-0.3, -0.25) is 23.7 Å². The number of aryl methyl sites for hydroxylation is 1. The minimum atomic E-state index is -0.396. The van der Waals surface area contributed by atoms with Crippen LogP contribution in [0.5, 0.6) is 0 Å². The minimum Gasteiger partial charge on any atom is -0.391 e. The van der Waals surface area contributed by atoms with E-state index in [-0.39, 0.29) is 40.7 Å². The van der Waals surface area contributed by atoms with E-state index < -0.39 is 12.1 Å². The maximum absolute atomic E-state index is 13.6. The lowest BCUT2D eigenvalue weighted by Gasteiger charge is -2.34. The largest absolute Gasteiger partial charge is 0.391 e. The number of piperidine rings is 1. The van der Waals surface area contributed by atoms with Gasteiger partial charge in [-0.25, -0.2) is 9.67 Å². The molecule has 11 rings (SSSR count). The summed E-state index contributed by atoms with van der Waals surface area (Å²) in [5.74, 6) is 1.76. The van der Waals surface area contributed by atoms with Crippen molar-refractivity contribution in [3.05, 3.63) is 122 Å². The van der Waals surface area contributed by atoms with Crippen LogP contribution in [-0.2, 0) is 19.8 Å². The number of aliphatic hydroxyl groups excluding tert-OH is 1. The number of aliphatic hydroxyl groups is 1. The number of carbonyl (C=O) groups excluding carboxylic acids is 3. The van der Waals surface area contributed by atoms with E-state index in [0.29, 0.717) is 61.3 Å². The van der Waals surface area contributed by atoms with Gasteiger partial charge in [0.25, 0.3) is 5.56 Å². The van der Waals surface area contributed by atoms with Crippen LogP contribution in [0.25, 0.3) is 27.0 Å². The summed E-state index contributed by atoms with van der Waals surface area (Å²) >= 11 is 8.17. The number of halogens is 1. The van der Waals surface area contributed by atoms with Crippen LogP contribution in [0.2, 0.25) is 5.02 Å². The van der Waals surface area contributed by atoms with Gasteiger partial charge in [0.1, 0.15) is 11.9 Å². The summed E-state index contributed by atoms with van der Waals surface area (Å²) in [5, 5.41) is 21.9. The highest BCUT2D eigenvalue weighted by atomic mass is 35.5. The normalized spacial score (nSPS) is 19.6. The highest BCUT2D eigenvalue weighted by Crippen LogP contribution is 2.52. The first-order chi connectivity index (χ1) is 33.7. The summed E-state index contributed by atoms with van der Waals surface area (Å²) < 4.78 is 3.93. The molecule has 2 N–H and O–H groups in total. The number of nitrogens with zero attached hydrogens (tertiary/aromatic N) is 8. The molecule has 3 aromatic heterocycles. The lowest BCUT2D eigenvalue weighted by Crippen LogP contribution is -2.42. The zero-order valence-corrected chi connectivity index (χ0v) is 42.0. The molecule has 0 radical (unpaired) electrons. The zero-order valence-electron chi connectivity index (χ0n) is 40.4. The third-order valence-corrected chi connectivity index (χ3v) is 16.7. The molecule has 3 atom stereocenters. The summed E-state index contributed by atoms with van der Waals surface area (Å²) in [4.78, 5) is 65.2. The number of likely N-dealkylation sites (tertiary alicyclic amines) is 2. The summed E-state index contributed by atoms with van der Waals surface area (Å²) in [6.45, 7) is 10.5. The number of hydrogen-bond acceptors (Lipinski definition) is 10. The van der Waals surface area contributed by atoms with Crippen LogP contribution in [0, 0.1) is 12.3 Å². The Balaban J connectivity index is 0.000000225. The van der Waals surface area contributed by atoms with Gasteiger partial charge in [0, 0.05) is 38.3 Å². The maximum atomic E-state index is 13.6. The smallest absolute Gasteiger partial charge is 0.282 e. The number of carbonyl (C=O) groups is 3. The van der Waals surface area contributed by atoms with Crippen molar-refractivity contribution in [3.63, 3.8) is 0 Å². The Morgan fingerprint density at radius 2 is 1.70 bits per heavy atom. The monoisotopic (exact) mass is 983 g/mol. The van der Waals surface area contributed by atoms with Gasteiger partial charge in [-0.15, -0.1) is 16.4 Å². The summed E-state index contributed by atoms with van der Waals surface area (Å²) in [7, 11) is 0. The molecule has 2 saturated carbocycles. The second-order valence-electron chi connectivity index (χ2n) is 21.1. The second-order valence-corrected chi connectivity index (χ2v) is 22.4. The van der Waals surface area contributed by atoms with Crippen molar-refractivity contribution >= 4 is 52.1 Å². The molecule has 1 spiro atoms. The summed E-state index contributed by atoms with van der Waals surface area (Å²) in [5.41, 5.74) is 9.46. The Morgan fingerprint density at radius 3 is 2.36 bits per heavy atom. The van der Waals surface area contributed by atoms with Crippen molar-refractivity contribution in [2.75, 3.05) is 26.2 Å². The van der Waals surface area contributed by atoms with E-state index >= 15 is 0 Å². The predicted octanol–water partition coefficient (Wildman–Crippen LogP) is 8.95. The first-order valence-electron chi connectivity index (χ1n) is 25.0.